The van der Waals surface area contributed by atoms with Crippen LogP contribution >= 0.6 is 0 Å². The van der Waals surface area contributed by atoms with Crippen LogP contribution in [0.15, 0.2) is 0 Å². The zero-order valence-electron chi connectivity index (χ0n) is 10.3. The summed E-state index contributed by atoms with van der Waals surface area (Å²) in [5.41, 5.74) is 0. The Kier molecular flexibility index (Phi) is 4.33. The first-order chi connectivity index (χ1) is 7.47. The number of piperidine rings is 1. The number of carboxylic acids is 1. The van der Waals surface area contributed by atoms with Gasteiger partial charge in [0.1, 0.15) is 0 Å². The molecule has 1 fully saturated rings. The minimum Gasteiger partial charge on any atom is -0.481 e. The number of carboxylic acid groups (broad SMARTS) is 1. The molecule has 4 heteroatoms. The number of rotatable bonds is 4. The van der Waals surface area contributed by atoms with Gasteiger partial charge in [0.25, 0.3) is 0 Å². The summed E-state index contributed by atoms with van der Waals surface area (Å²) in [5, 5.41) is 9.14. The maximum Gasteiger partial charge on any atom is 0.308 e. The van der Waals surface area contributed by atoms with Gasteiger partial charge in [-0.05, 0) is 18.8 Å². The molecule has 0 radical (unpaired) electrons. The van der Waals surface area contributed by atoms with E-state index in [1.807, 2.05) is 20.8 Å². The molecule has 1 aliphatic heterocycles. The molecule has 0 bridgehead atoms. The summed E-state index contributed by atoms with van der Waals surface area (Å²) in [5.74, 6) is -0.668. The zero-order chi connectivity index (χ0) is 12.3. The first-order valence-corrected chi connectivity index (χ1v) is 5.99. The second-order valence-corrected chi connectivity index (χ2v) is 4.90. The Morgan fingerprint density at radius 1 is 1.56 bits per heavy atom. The highest BCUT2D eigenvalue weighted by Crippen LogP contribution is 2.27. The molecule has 0 unspecified atom stereocenters. The van der Waals surface area contributed by atoms with Gasteiger partial charge in [-0.15, -0.1) is 0 Å². The average Bonchev–Trinajstić information content (AvgIpc) is 2.19. The van der Waals surface area contributed by atoms with Gasteiger partial charge in [0.2, 0.25) is 5.91 Å². The summed E-state index contributed by atoms with van der Waals surface area (Å²) in [4.78, 5) is 24.7. The second-order valence-electron chi connectivity index (χ2n) is 4.90. The molecular weight excluding hydrogens is 206 g/mol. The van der Waals surface area contributed by atoms with Gasteiger partial charge >= 0.3 is 5.97 Å². The van der Waals surface area contributed by atoms with Crippen molar-refractivity contribution in [2.45, 2.75) is 46.1 Å². The quantitative estimate of drug-likeness (QED) is 0.796. The van der Waals surface area contributed by atoms with Crippen molar-refractivity contribution in [2.24, 2.45) is 11.8 Å². The summed E-state index contributed by atoms with van der Waals surface area (Å²) >= 11 is 0. The van der Waals surface area contributed by atoms with Crippen LogP contribution in [0.3, 0.4) is 0 Å². The maximum absolute atomic E-state index is 11.8. The van der Waals surface area contributed by atoms with Crippen LogP contribution in [-0.2, 0) is 9.59 Å². The lowest BCUT2D eigenvalue weighted by Gasteiger charge is -2.40. The molecule has 4 nitrogen and oxygen atoms in total. The molecule has 1 heterocycles. The standard InChI is InChI=1S/C12H21NO3/c1-4-10-9(12(15)16)5-6-11(14)13(10)7-8(2)3/h8-10H,4-7H2,1-3H3,(H,15,16)/t9-,10+/m0/s1. The predicted octanol–water partition coefficient (Wildman–Crippen LogP) is 1.74. The lowest BCUT2D eigenvalue weighted by atomic mass is 9.86. The van der Waals surface area contributed by atoms with Gasteiger partial charge in [-0.2, -0.15) is 0 Å². The minimum atomic E-state index is -0.770. The van der Waals surface area contributed by atoms with E-state index in [1.54, 1.807) is 4.90 Å². The Balaban J connectivity index is 2.83. The Hall–Kier alpha value is -1.06. The fourth-order valence-corrected chi connectivity index (χ4v) is 2.44. The van der Waals surface area contributed by atoms with E-state index >= 15 is 0 Å². The van der Waals surface area contributed by atoms with Crippen molar-refractivity contribution in [3.8, 4) is 0 Å². The van der Waals surface area contributed by atoms with Crippen molar-refractivity contribution in [2.75, 3.05) is 6.54 Å². The van der Waals surface area contributed by atoms with Gasteiger partial charge in [0, 0.05) is 19.0 Å². The Bertz CT molecular complexity index is 275. The number of nitrogens with zero attached hydrogens (tertiary/aromatic N) is 1. The van der Waals surface area contributed by atoms with Crippen molar-refractivity contribution in [1.82, 2.24) is 4.90 Å². The van der Waals surface area contributed by atoms with Crippen LogP contribution in [0.1, 0.15) is 40.0 Å². The summed E-state index contributed by atoms with van der Waals surface area (Å²) in [6, 6.07) is -0.124. The van der Waals surface area contributed by atoms with Crippen molar-refractivity contribution in [1.29, 1.82) is 0 Å². The Morgan fingerprint density at radius 3 is 2.62 bits per heavy atom. The van der Waals surface area contributed by atoms with E-state index in [4.69, 9.17) is 5.11 Å². The van der Waals surface area contributed by atoms with E-state index in [9.17, 15) is 9.59 Å². The molecule has 1 amide bonds. The zero-order valence-corrected chi connectivity index (χ0v) is 10.3. The fraction of sp³-hybridized carbons (Fsp3) is 0.833. The molecule has 1 rings (SSSR count). The molecule has 0 aromatic rings. The van der Waals surface area contributed by atoms with Crippen molar-refractivity contribution < 1.29 is 14.7 Å². The summed E-state index contributed by atoms with van der Waals surface area (Å²) in [6.07, 6.45) is 1.58. The number of hydrogen-bond acceptors (Lipinski definition) is 2. The Labute approximate surface area is 96.6 Å². The first kappa shape index (κ1) is 13.0. The van der Waals surface area contributed by atoms with Crippen LogP contribution < -0.4 is 0 Å². The number of carbonyl (C=O) groups excluding carboxylic acids is 1. The topological polar surface area (TPSA) is 57.6 Å². The lowest BCUT2D eigenvalue weighted by Crippen LogP contribution is -2.51. The van der Waals surface area contributed by atoms with E-state index < -0.39 is 5.97 Å². The molecule has 1 aliphatic rings. The van der Waals surface area contributed by atoms with E-state index in [2.05, 4.69) is 0 Å². The first-order valence-electron chi connectivity index (χ1n) is 5.99. The maximum atomic E-state index is 11.8. The smallest absolute Gasteiger partial charge is 0.308 e. The van der Waals surface area contributed by atoms with E-state index in [-0.39, 0.29) is 17.9 Å². The summed E-state index contributed by atoms with van der Waals surface area (Å²) in [7, 11) is 0. The van der Waals surface area contributed by atoms with E-state index in [1.165, 1.54) is 0 Å². The molecule has 0 saturated carbocycles. The monoisotopic (exact) mass is 227 g/mol. The third-order valence-electron chi connectivity index (χ3n) is 3.15. The normalized spacial score (nSPS) is 26.2. The highest BCUT2D eigenvalue weighted by atomic mass is 16.4. The van der Waals surface area contributed by atoms with Crippen LogP contribution in [0.25, 0.3) is 0 Å². The number of aliphatic carboxylic acids is 1. The summed E-state index contributed by atoms with van der Waals surface area (Å²) < 4.78 is 0. The van der Waals surface area contributed by atoms with Crippen molar-refractivity contribution in [3.63, 3.8) is 0 Å². The third kappa shape index (κ3) is 2.74. The van der Waals surface area contributed by atoms with Crippen molar-refractivity contribution >= 4 is 11.9 Å². The molecule has 92 valence electrons. The largest absolute Gasteiger partial charge is 0.481 e. The minimum absolute atomic E-state index is 0.109. The molecule has 0 aromatic heterocycles. The van der Waals surface area contributed by atoms with Crippen LogP contribution in [0.4, 0.5) is 0 Å². The van der Waals surface area contributed by atoms with E-state index in [0.29, 0.717) is 25.3 Å². The molecular formula is C12H21NO3. The molecule has 1 N–H and O–H groups in total. The van der Waals surface area contributed by atoms with Crippen LogP contribution in [0.5, 0.6) is 0 Å². The van der Waals surface area contributed by atoms with Gasteiger partial charge in [-0.25, -0.2) is 0 Å². The molecule has 16 heavy (non-hydrogen) atoms. The summed E-state index contributed by atoms with van der Waals surface area (Å²) in [6.45, 7) is 6.71. The van der Waals surface area contributed by atoms with Crippen LogP contribution in [0, 0.1) is 11.8 Å². The molecule has 0 aliphatic carbocycles. The van der Waals surface area contributed by atoms with Gasteiger partial charge in [-0.3, -0.25) is 9.59 Å². The SMILES string of the molecule is CC[C@@H]1[C@@H](C(=O)O)CCC(=O)N1CC(C)C. The van der Waals surface area contributed by atoms with Gasteiger partial charge in [0.05, 0.1) is 5.92 Å². The Morgan fingerprint density at radius 2 is 2.19 bits per heavy atom. The molecule has 0 aromatic carbocycles. The molecule has 2 atom stereocenters. The lowest BCUT2D eigenvalue weighted by molar-refractivity contribution is -0.152. The predicted molar refractivity (Wildman–Crippen MR) is 61.0 cm³/mol. The highest BCUT2D eigenvalue weighted by molar-refractivity contribution is 5.81. The third-order valence-corrected chi connectivity index (χ3v) is 3.15. The number of likely N-dealkylation sites (tertiary alicyclic amines) is 1. The molecule has 0 spiro atoms. The van der Waals surface area contributed by atoms with Gasteiger partial charge < -0.3 is 10.0 Å². The van der Waals surface area contributed by atoms with Gasteiger partial charge in [0.15, 0.2) is 0 Å². The number of carbonyl (C=O) groups is 2. The van der Waals surface area contributed by atoms with E-state index in [0.717, 1.165) is 6.42 Å². The van der Waals surface area contributed by atoms with Crippen molar-refractivity contribution in [3.05, 3.63) is 0 Å². The highest BCUT2D eigenvalue weighted by Gasteiger charge is 2.38. The number of amides is 1. The second kappa shape index (κ2) is 5.32. The van der Waals surface area contributed by atoms with Gasteiger partial charge in [-0.1, -0.05) is 20.8 Å². The van der Waals surface area contributed by atoms with Crippen LogP contribution in [0.2, 0.25) is 0 Å². The number of hydrogen-bond donors (Lipinski definition) is 1. The average molecular weight is 227 g/mol. The molecule has 1 saturated heterocycles. The van der Waals surface area contributed by atoms with Crippen LogP contribution in [-0.4, -0.2) is 34.5 Å². The fourth-order valence-electron chi connectivity index (χ4n) is 2.44.